The van der Waals surface area contributed by atoms with Crippen LogP contribution in [0.3, 0.4) is 0 Å². The molecule has 0 unspecified atom stereocenters. The van der Waals surface area contributed by atoms with E-state index < -0.39 is 6.43 Å². The Hall–Kier alpha value is -2.80. The van der Waals surface area contributed by atoms with Gasteiger partial charge in [0.15, 0.2) is 0 Å². The fourth-order valence-corrected chi connectivity index (χ4v) is 6.07. The highest BCUT2D eigenvalue weighted by atomic mass is 32.2. The van der Waals surface area contributed by atoms with E-state index >= 15 is 4.39 Å². The summed E-state index contributed by atoms with van der Waals surface area (Å²) in [5.41, 5.74) is 5.00. The SMILES string of the molecule is CSCC(C)(C)c1ccc(-c2cc3c(cc2F)nc2n3[C@@H](c3ccccc3CC(F)F)CC2)cn1. The van der Waals surface area contributed by atoms with Gasteiger partial charge >= 0.3 is 0 Å². The first kappa shape index (κ1) is 23.9. The molecule has 182 valence electrons. The van der Waals surface area contributed by atoms with Crippen LogP contribution in [-0.4, -0.2) is 33.0 Å². The van der Waals surface area contributed by atoms with Gasteiger partial charge in [-0.1, -0.05) is 44.2 Å². The van der Waals surface area contributed by atoms with Gasteiger partial charge in [-0.25, -0.2) is 18.2 Å². The first-order valence-electron chi connectivity index (χ1n) is 11.8. The molecule has 7 heteroatoms. The first-order valence-corrected chi connectivity index (χ1v) is 13.2. The summed E-state index contributed by atoms with van der Waals surface area (Å²) in [4.78, 5) is 9.33. The van der Waals surface area contributed by atoms with E-state index in [1.807, 2.05) is 30.3 Å². The molecule has 1 aliphatic rings. The van der Waals surface area contributed by atoms with Crippen LogP contribution in [0.4, 0.5) is 13.2 Å². The fourth-order valence-electron chi connectivity index (χ4n) is 5.20. The van der Waals surface area contributed by atoms with Crippen molar-refractivity contribution < 1.29 is 13.2 Å². The Morgan fingerprint density at radius 3 is 2.66 bits per heavy atom. The Morgan fingerprint density at radius 1 is 1.14 bits per heavy atom. The molecule has 0 radical (unpaired) electrons. The van der Waals surface area contributed by atoms with Crippen molar-refractivity contribution in [2.24, 2.45) is 0 Å². The zero-order valence-corrected chi connectivity index (χ0v) is 20.9. The van der Waals surface area contributed by atoms with Crippen LogP contribution in [0.1, 0.15) is 49.0 Å². The molecule has 35 heavy (non-hydrogen) atoms. The summed E-state index contributed by atoms with van der Waals surface area (Å²) >= 11 is 1.77. The second-order valence-electron chi connectivity index (χ2n) is 9.82. The molecule has 0 saturated heterocycles. The van der Waals surface area contributed by atoms with Gasteiger partial charge in [-0.3, -0.25) is 4.98 Å². The standard InChI is InChI=1S/C28H28F3N3S/c1-28(2,16-35-3)25-10-8-18(15-32-25)20-13-24-22(14-21(20)29)33-27-11-9-23(34(24)27)19-7-5-4-6-17(19)12-26(30)31/h4-8,10,13-15,23,26H,9,11-12,16H2,1-3H3/t23-/m1/s1. The van der Waals surface area contributed by atoms with Crippen LogP contribution in [0.2, 0.25) is 0 Å². The summed E-state index contributed by atoms with van der Waals surface area (Å²) in [6.45, 7) is 4.31. The molecule has 0 spiro atoms. The lowest BCUT2D eigenvalue weighted by Gasteiger charge is -2.23. The van der Waals surface area contributed by atoms with E-state index in [1.165, 1.54) is 6.07 Å². The minimum atomic E-state index is -2.41. The molecule has 4 aromatic rings. The number of thioether (sulfide) groups is 1. The van der Waals surface area contributed by atoms with Gasteiger partial charge in [0.2, 0.25) is 6.43 Å². The molecule has 0 N–H and O–H groups in total. The molecule has 2 aromatic carbocycles. The normalized spacial score (nSPS) is 15.8. The summed E-state index contributed by atoms with van der Waals surface area (Å²) in [6.07, 6.45) is 2.63. The van der Waals surface area contributed by atoms with E-state index in [9.17, 15) is 8.78 Å². The molecule has 0 fully saturated rings. The van der Waals surface area contributed by atoms with E-state index in [0.717, 1.165) is 41.2 Å². The Bertz CT molecular complexity index is 1360. The van der Waals surface area contributed by atoms with Gasteiger partial charge in [-0.05, 0) is 35.9 Å². The molecule has 0 aliphatic carbocycles. The van der Waals surface area contributed by atoms with Crippen LogP contribution in [0.25, 0.3) is 22.2 Å². The first-order chi connectivity index (χ1) is 16.8. The third-order valence-corrected chi connectivity index (χ3v) is 7.88. The number of alkyl halides is 2. The molecule has 1 aliphatic heterocycles. The molecular weight excluding hydrogens is 467 g/mol. The molecule has 2 aromatic heterocycles. The van der Waals surface area contributed by atoms with Gasteiger partial charge in [0, 0.05) is 53.1 Å². The average Bonchev–Trinajstić information content (AvgIpc) is 3.37. The predicted molar refractivity (Wildman–Crippen MR) is 137 cm³/mol. The maximum absolute atomic E-state index is 15.2. The minimum Gasteiger partial charge on any atom is -0.320 e. The molecule has 0 bridgehead atoms. The predicted octanol–water partition coefficient (Wildman–Crippen LogP) is 7.22. The molecule has 0 amide bonds. The summed E-state index contributed by atoms with van der Waals surface area (Å²) in [6, 6.07) is 14.5. The third kappa shape index (κ3) is 4.46. The maximum atomic E-state index is 15.2. The van der Waals surface area contributed by atoms with Crippen molar-refractivity contribution in [2.45, 2.75) is 51.0 Å². The van der Waals surface area contributed by atoms with Crippen molar-refractivity contribution >= 4 is 22.8 Å². The number of aryl methyl sites for hydroxylation is 1. The van der Waals surface area contributed by atoms with Gasteiger partial charge in [0.1, 0.15) is 11.6 Å². The Morgan fingerprint density at radius 2 is 1.94 bits per heavy atom. The number of hydrogen-bond acceptors (Lipinski definition) is 3. The number of imidazole rings is 1. The quantitative estimate of drug-likeness (QED) is 0.271. The van der Waals surface area contributed by atoms with Crippen molar-refractivity contribution in [2.75, 3.05) is 12.0 Å². The Balaban J connectivity index is 1.57. The molecule has 3 nitrogen and oxygen atoms in total. The second-order valence-corrected chi connectivity index (χ2v) is 10.7. The minimum absolute atomic E-state index is 0.0778. The molecule has 0 saturated carbocycles. The zero-order valence-electron chi connectivity index (χ0n) is 20.1. The maximum Gasteiger partial charge on any atom is 0.242 e. The largest absolute Gasteiger partial charge is 0.320 e. The van der Waals surface area contributed by atoms with Gasteiger partial charge in [-0.2, -0.15) is 11.8 Å². The van der Waals surface area contributed by atoms with E-state index in [4.69, 9.17) is 0 Å². The van der Waals surface area contributed by atoms with Crippen LogP contribution in [0.15, 0.2) is 54.7 Å². The Labute approximate surface area is 207 Å². The van der Waals surface area contributed by atoms with E-state index in [0.29, 0.717) is 22.2 Å². The number of rotatable bonds is 7. The van der Waals surface area contributed by atoms with Crippen molar-refractivity contribution in [1.82, 2.24) is 14.5 Å². The van der Waals surface area contributed by atoms with E-state index in [2.05, 4.69) is 34.6 Å². The number of nitrogens with zero attached hydrogens (tertiary/aromatic N) is 3. The number of pyridine rings is 1. The monoisotopic (exact) mass is 495 g/mol. The van der Waals surface area contributed by atoms with E-state index in [1.54, 1.807) is 30.1 Å². The summed E-state index contributed by atoms with van der Waals surface area (Å²) in [7, 11) is 0. The van der Waals surface area contributed by atoms with Crippen LogP contribution < -0.4 is 0 Å². The molecule has 3 heterocycles. The van der Waals surface area contributed by atoms with Crippen molar-refractivity contribution in [3.8, 4) is 11.1 Å². The van der Waals surface area contributed by atoms with Gasteiger partial charge < -0.3 is 4.57 Å². The van der Waals surface area contributed by atoms with Crippen LogP contribution in [0, 0.1) is 5.82 Å². The van der Waals surface area contributed by atoms with Gasteiger partial charge in [0.05, 0.1) is 17.1 Å². The van der Waals surface area contributed by atoms with Crippen LogP contribution in [0.5, 0.6) is 0 Å². The van der Waals surface area contributed by atoms with Crippen molar-refractivity contribution in [3.63, 3.8) is 0 Å². The Kier molecular flexibility index (Phi) is 6.38. The number of halogens is 3. The van der Waals surface area contributed by atoms with Crippen molar-refractivity contribution in [3.05, 3.63) is 83.2 Å². The molecular formula is C28H28F3N3S. The smallest absolute Gasteiger partial charge is 0.242 e. The lowest BCUT2D eigenvalue weighted by atomic mass is 9.90. The molecule has 1 atom stereocenters. The van der Waals surface area contributed by atoms with Crippen LogP contribution >= 0.6 is 11.8 Å². The van der Waals surface area contributed by atoms with Gasteiger partial charge in [-0.15, -0.1) is 0 Å². The molecule has 5 rings (SSSR count). The summed E-state index contributed by atoms with van der Waals surface area (Å²) < 4.78 is 43.8. The summed E-state index contributed by atoms with van der Waals surface area (Å²) in [5, 5.41) is 0. The van der Waals surface area contributed by atoms with E-state index in [-0.39, 0.29) is 23.7 Å². The number of fused-ring (bicyclic) bond motifs is 3. The lowest BCUT2D eigenvalue weighted by molar-refractivity contribution is 0.148. The summed E-state index contributed by atoms with van der Waals surface area (Å²) in [5.74, 6) is 1.46. The van der Waals surface area contributed by atoms with Crippen LogP contribution in [-0.2, 0) is 18.3 Å². The van der Waals surface area contributed by atoms with Gasteiger partial charge in [0.25, 0.3) is 0 Å². The highest BCUT2D eigenvalue weighted by Crippen LogP contribution is 2.39. The average molecular weight is 496 g/mol. The highest BCUT2D eigenvalue weighted by molar-refractivity contribution is 7.98. The highest BCUT2D eigenvalue weighted by Gasteiger charge is 2.30. The van der Waals surface area contributed by atoms with Crippen molar-refractivity contribution in [1.29, 1.82) is 0 Å². The number of benzene rings is 2. The zero-order chi connectivity index (χ0) is 24.7. The lowest BCUT2D eigenvalue weighted by Crippen LogP contribution is -2.21. The second kappa shape index (κ2) is 9.34. The fraction of sp³-hybridized carbons (Fsp3) is 0.357. The topological polar surface area (TPSA) is 30.7 Å². The number of hydrogen-bond donors (Lipinski definition) is 0. The third-order valence-electron chi connectivity index (χ3n) is 6.87. The number of aromatic nitrogens is 3.